The summed E-state index contributed by atoms with van der Waals surface area (Å²) in [6.45, 7) is 6.84. The zero-order chi connectivity index (χ0) is 19.2. The minimum absolute atomic E-state index is 0.727. The van der Waals surface area contributed by atoms with Crippen LogP contribution in [0, 0.1) is 20.8 Å². The van der Waals surface area contributed by atoms with Gasteiger partial charge in [0, 0.05) is 18.3 Å². The molecule has 2 N–H and O–H groups in total. The van der Waals surface area contributed by atoms with Crippen LogP contribution in [0.2, 0.25) is 0 Å². The molecule has 0 spiro atoms. The predicted octanol–water partition coefficient (Wildman–Crippen LogP) is 4.81. The molecular weight excluding hydrogens is 336 g/mol. The summed E-state index contributed by atoms with van der Waals surface area (Å²) in [7, 11) is 1.70. The highest BCUT2D eigenvalue weighted by atomic mass is 16.5. The van der Waals surface area contributed by atoms with E-state index < -0.39 is 0 Å². The molecule has 0 atom stereocenters. The van der Waals surface area contributed by atoms with E-state index in [1.54, 1.807) is 7.11 Å². The van der Waals surface area contributed by atoms with Crippen molar-refractivity contribution in [2.75, 3.05) is 24.3 Å². The largest absolute Gasteiger partial charge is 0.496 e. The van der Waals surface area contributed by atoms with Crippen molar-refractivity contribution in [3.05, 3.63) is 71.0 Å². The Bertz CT molecular complexity index is 924. The third kappa shape index (κ3) is 4.97. The maximum absolute atomic E-state index is 5.41. The standard InChI is InChI=1S/C22H26N4O/c1-15-9-10-16(2)19(13-15)26-22-14-21(24-17(3)25-22)23-12-11-18-7-5-6-8-20(18)27-4/h5-10,13-14H,11-12H2,1-4H3,(H2,23,24,25,26). The number of hydrogen-bond donors (Lipinski definition) is 2. The average molecular weight is 362 g/mol. The van der Waals surface area contributed by atoms with E-state index in [2.05, 4.69) is 58.7 Å². The summed E-state index contributed by atoms with van der Waals surface area (Å²) >= 11 is 0. The Morgan fingerprint density at radius 2 is 1.70 bits per heavy atom. The fraction of sp³-hybridized carbons (Fsp3) is 0.273. The van der Waals surface area contributed by atoms with Crippen LogP contribution < -0.4 is 15.4 Å². The van der Waals surface area contributed by atoms with Crippen molar-refractivity contribution in [3.63, 3.8) is 0 Å². The third-order valence-corrected chi connectivity index (χ3v) is 4.39. The Morgan fingerprint density at radius 3 is 2.52 bits per heavy atom. The number of para-hydroxylation sites is 1. The Hall–Kier alpha value is -3.08. The van der Waals surface area contributed by atoms with Crippen LogP contribution in [-0.2, 0) is 6.42 Å². The number of anilines is 3. The lowest BCUT2D eigenvalue weighted by molar-refractivity contribution is 0.410. The van der Waals surface area contributed by atoms with Gasteiger partial charge in [0.1, 0.15) is 23.2 Å². The summed E-state index contributed by atoms with van der Waals surface area (Å²) < 4.78 is 5.41. The first-order valence-corrected chi connectivity index (χ1v) is 9.11. The average Bonchev–Trinajstić information content (AvgIpc) is 2.65. The molecule has 140 valence electrons. The Balaban J connectivity index is 1.69. The van der Waals surface area contributed by atoms with Gasteiger partial charge >= 0.3 is 0 Å². The van der Waals surface area contributed by atoms with Gasteiger partial charge in [0.2, 0.25) is 0 Å². The van der Waals surface area contributed by atoms with Gasteiger partial charge in [-0.1, -0.05) is 30.3 Å². The summed E-state index contributed by atoms with van der Waals surface area (Å²) in [5.74, 6) is 3.24. The van der Waals surface area contributed by atoms with Crippen LogP contribution in [0.15, 0.2) is 48.5 Å². The summed E-state index contributed by atoms with van der Waals surface area (Å²) in [5, 5.41) is 6.80. The molecule has 27 heavy (non-hydrogen) atoms. The van der Waals surface area contributed by atoms with E-state index in [0.29, 0.717) is 0 Å². The van der Waals surface area contributed by atoms with E-state index in [1.165, 1.54) is 16.7 Å². The second kappa shape index (κ2) is 8.54. The van der Waals surface area contributed by atoms with E-state index in [1.807, 2.05) is 31.2 Å². The lowest BCUT2D eigenvalue weighted by Crippen LogP contribution is -2.09. The zero-order valence-electron chi connectivity index (χ0n) is 16.3. The van der Waals surface area contributed by atoms with E-state index in [0.717, 1.165) is 41.9 Å². The lowest BCUT2D eigenvalue weighted by atomic mass is 10.1. The zero-order valence-corrected chi connectivity index (χ0v) is 16.3. The van der Waals surface area contributed by atoms with Crippen LogP contribution in [0.5, 0.6) is 5.75 Å². The molecule has 3 aromatic rings. The third-order valence-electron chi connectivity index (χ3n) is 4.39. The first-order chi connectivity index (χ1) is 13.0. The van der Waals surface area contributed by atoms with Crippen molar-refractivity contribution in [2.45, 2.75) is 27.2 Å². The number of ether oxygens (including phenoxy) is 1. The number of nitrogens with one attached hydrogen (secondary N) is 2. The number of rotatable bonds is 7. The molecule has 5 nitrogen and oxygen atoms in total. The maximum Gasteiger partial charge on any atom is 0.136 e. The van der Waals surface area contributed by atoms with Crippen molar-refractivity contribution in [1.29, 1.82) is 0 Å². The molecule has 2 aromatic carbocycles. The number of aromatic nitrogens is 2. The molecule has 0 aliphatic rings. The second-order valence-electron chi connectivity index (χ2n) is 6.62. The fourth-order valence-electron chi connectivity index (χ4n) is 2.97. The number of hydrogen-bond acceptors (Lipinski definition) is 5. The van der Waals surface area contributed by atoms with Gasteiger partial charge in [-0.2, -0.15) is 0 Å². The summed E-state index contributed by atoms with van der Waals surface area (Å²) in [5.41, 5.74) is 4.63. The predicted molar refractivity (Wildman–Crippen MR) is 111 cm³/mol. The molecule has 5 heteroatoms. The number of nitrogens with zero attached hydrogens (tertiary/aromatic N) is 2. The SMILES string of the molecule is COc1ccccc1CCNc1cc(Nc2cc(C)ccc2C)nc(C)n1. The maximum atomic E-state index is 5.41. The Morgan fingerprint density at radius 1 is 0.926 bits per heavy atom. The minimum Gasteiger partial charge on any atom is -0.496 e. The molecule has 0 bridgehead atoms. The van der Waals surface area contributed by atoms with Gasteiger partial charge in [-0.05, 0) is 56.0 Å². The summed E-state index contributed by atoms with van der Waals surface area (Å²) in [6, 6.07) is 16.4. The molecular formula is C22H26N4O. The van der Waals surface area contributed by atoms with Crippen LogP contribution in [0.1, 0.15) is 22.5 Å². The van der Waals surface area contributed by atoms with Gasteiger partial charge in [0.25, 0.3) is 0 Å². The van der Waals surface area contributed by atoms with E-state index in [9.17, 15) is 0 Å². The van der Waals surface area contributed by atoms with Gasteiger partial charge in [0.05, 0.1) is 7.11 Å². The molecule has 0 saturated carbocycles. The van der Waals surface area contributed by atoms with E-state index >= 15 is 0 Å². The minimum atomic E-state index is 0.727. The molecule has 0 saturated heterocycles. The lowest BCUT2D eigenvalue weighted by Gasteiger charge is -2.13. The Kier molecular flexibility index (Phi) is 5.91. The fourth-order valence-corrected chi connectivity index (χ4v) is 2.97. The number of benzene rings is 2. The van der Waals surface area contributed by atoms with Crippen LogP contribution in [0.4, 0.5) is 17.3 Å². The molecule has 3 rings (SSSR count). The quantitative estimate of drug-likeness (QED) is 0.632. The summed E-state index contributed by atoms with van der Waals surface area (Å²) in [4.78, 5) is 9.01. The van der Waals surface area contributed by atoms with Crippen LogP contribution >= 0.6 is 0 Å². The first kappa shape index (κ1) is 18.7. The Labute approximate surface area is 160 Å². The molecule has 0 unspecified atom stereocenters. The van der Waals surface area contributed by atoms with Crippen molar-refractivity contribution < 1.29 is 4.74 Å². The van der Waals surface area contributed by atoms with Crippen LogP contribution in [0.3, 0.4) is 0 Å². The van der Waals surface area contributed by atoms with Gasteiger partial charge in [-0.3, -0.25) is 0 Å². The van der Waals surface area contributed by atoms with Gasteiger partial charge in [-0.15, -0.1) is 0 Å². The highest BCUT2D eigenvalue weighted by Crippen LogP contribution is 2.22. The molecule has 1 heterocycles. The molecule has 0 amide bonds. The van der Waals surface area contributed by atoms with Gasteiger partial charge in [-0.25, -0.2) is 9.97 Å². The normalized spacial score (nSPS) is 10.5. The van der Waals surface area contributed by atoms with Crippen molar-refractivity contribution >= 4 is 17.3 Å². The number of methoxy groups -OCH3 is 1. The first-order valence-electron chi connectivity index (χ1n) is 9.11. The highest BCUT2D eigenvalue weighted by Gasteiger charge is 2.06. The topological polar surface area (TPSA) is 59.1 Å². The van der Waals surface area contributed by atoms with Gasteiger partial charge in [0.15, 0.2) is 0 Å². The monoisotopic (exact) mass is 362 g/mol. The number of aryl methyl sites for hydroxylation is 3. The molecule has 0 fully saturated rings. The van der Waals surface area contributed by atoms with Crippen LogP contribution in [0.25, 0.3) is 0 Å². The molecule has 0 radical (unpaired) electrons. The van der Waals surface area contributed by atoms with Crippen molar-refractivity contribution in [3.8, 4) is 5.75 Å². The van der Waals surface area contributed by atoms with Crippen molar-refractivity contribution in [1.82, 2.24) is 9.97 Å². The second-order valence-corrected chi connectivity index (χ2v) is 6.62. The highest BCUT2D eigenvalue weighted by molar-refractivity contribution is 5.63. The van der Waals surface area contributed by atoms with E-state index in [-0.39, 0.29) is 0 Å². The van der Waals surface area contributed by atoms with E-state index in [4.69, 9.17) is 4.74 Å². The van der Waals surface area contributed by atoms with Crippen molar-refractivity contribution in [2.24, 2.45) is 0 Å². The molecule has 0 aliphatic heterocycles. The molecule has 1 aromatic heterocycles. The smallest absolute Gasteiger partial charge is 0.136 e. The molecule has 0 aliphatic carbocycles. The van der Waals surface area contributed by atoms with Gasteiger partial charge < -0.3 is 15.4 Å². The van der Waals surface area contributed by atoms with Crippen LogP contribution in [-0.4, -0.2) is 23.6 Å². The summed E-state index contributed by atoms with van der Waals surface area (Å²) in [6.07, 6.45) is 0.854.